The van der Waals surface area contributed by atoms with Crippen LogP contribution in [0.3, 0.4) is 0 Å². The van der Waals surface area contributed by atoms with Crippen molar-refractivity contribution in [3.8, 4) is 6.07 Å². The van der Waals surface area contributed by atoms with Crippen LogP contribution in [0.4, 0.5) is 27.8 Å². The fourth-order valence-corrected chi connectivity index (χ4v) is 4.28. The number of nitriles is 1. The van der Waals surface area contributed by atoms with Crippen LogP contribution in [-0.4, -0.2) is 64.0 Å². The first-order valence-corrected chi connectivity index (χ1v) is 12.4. The minimum atomic E-state index is -0.528. The molecule has 0 radical (unpaired) electrons. The molecule has 1 fully saturated rings. The van der Waals surface area contributed by atoms with Gasteiger partial charge in [-0.2, -0.15) is 5.26 Å². The van der Waals surface area contributed by atoms with E-state index >= 15 is 0 Å². The normalized spacial score (nSPS) is 19.3. The van der Waals surface area contributed by atoms with Crippen molar-refractivity contribution in [3.05, 3.63) is 42.6 Å². The Morgan fingerprint density at radius 1 is 1.22 bits per heavy atom. The van der Waals surface area contributed by atoms with Gasteiger partial charge in [0, 0.05) is 38.4 Å². The lowest BCUT2D eigenvalue weighted by atomic mass is 9.98. The number of hydrogen-bond acceptors (Lipinski definition) is 10. The van der Waals surface area contributed by atoms with E-state index in [-0.39, 0.29) is 23.6 Å². The molecule has 2 atom stereocenters. The molecule has 0 aliphatic carbocycles. The molecule has 4 rings (SSSR count). The number of nitrogens with zero attached hydrogens (tertiary/aromatic N) is 6. The summed E-state index contributed by atoms with van der Waals surface area (Å²) in [4.78, 5) is 40.4. The lowest BCUT2D eigenvalue weighted by Crippen LogP contribution is -2.44. The number of aromatic nitrogens is 3. The average Bonchev–Trinajstić information content (AvgIpc) is 3.36. The molecule has 0 aromatic carbocycles. The van der Waals surface area contributed by atoms with Gasteiger partial charge in [0.2, 0.25) is 0 Å². The Kier molecular flexibility index (Phi) is 7.86. The van der Waals surface area contributed by atoms with Gasteiger partial charge in [0.25, 0.3) is 0 Å². The zero-order chi connectivity index (χ0) is 26.4. The Bertz CT molecular complexity index is 1190. The van der Waals surface area contributed by atoms with Gasteiger partial charge in [-0.25, -0.2) is 19.7 Å². The number of nitrogens with one attached hydrogen (secondary N) is 2. The van der Waals surface area contributed by atoms with E-state index in [1.54, 1.807) is 11.1 Å². The van der Waals surface area contributed by atoms with Gasteiger partial charge in [0.15, 0.2) is 5.69 Å². The lowest BCUT2D eigenvalue weighted by molar-refractivity contribution is -0.109. The van der Waals surface area contributed by atoms with Crippen LogP contribution >= 0.6 is 0 Å². The minimum Gasteiger partial charge on any atom is -0.444 e. The standard InChI is InChI=1S/C26H32N8O3/c1-26(2,3)37-25(36)34-7-4-5-18(15-34)11-29-21-9-23(32-24-14-28-20(10-27)12-30-24)31-13-22(21)33-8-6-19(16-33)17-35/h6,8-9,12-14,17-19H,4-5,7,11,15-16H2,1-3H3,(H2,29,30,31,32). The van der Waals surface area contributed by atoms with Crippen LogP contribution in [0.2, 0.25) is 0 Å². The SMILES string of the molecule is CC(C)(C)OC(=O)N1CCCC(CNc2cc(Nc3cnc(C#N)cn3)ncc2N2C=CC(C=O)C2)C1. The Morgan fingerprint density at radius 3 is 2.70 bits per heavy atom. The van der Waals surface area contributed by atoms with Crippen LogP contribution in [0.5, 0.6) is 0 Å². The molecule has 2 aliphatic heterocycles. The first-order chi connectivity index (χ1) is 17.7. The molecule has 4 heterocycles. The fraction of sp³-hybridized carbons (Fsp3) is 0.462. The molecule has 2 aromatic rings. The molecule has 37 heavy (non-hydrogen) atoms. The Labute approximate surface area is 216 Å². The first-order valence-electron chi connectivity index (χ1n) is 12.4. The van der Waals surface area contributed by atoms with Crippen molar-refractivity contribution in [1.82, 2.24) is 19.9 Å². The summed E-state index contributed by atoms with van der Waals surface area (Å²) >= 11 is 0. The predicted molar refractivity (Wildman–Crippen MR) is 139 cm³/mol. The van der Waals surface area contributed by atoms with E-state index in [0.29, 0.717) is 37.8 Å². The number of hydrogen-bond donors (Lipinski definition) is 2. The Morgan fingerprint density at radius 2 is 2.03 bits per heavy atom. The molecule has 194 valence electrons. The van der Waals surface area contributed by atoms with E-state index < -0.39 is 5.60 Å². The largest absolute Gasteiger partial charge is 0.444 e. The van der Waals surface area contributed by atoms with Gasteiger partial charge in [0.05, 0.1) is 35.9 Å². The molecule has 1 amide bonds. The van der Waals surface area contributed by atoms with Crippen molar-refractivity contribution >= 4 is 35.4 Å². The number of aldehydes is 1. The maximum atomic E-state index is 12.6. The van der Waals surface area contributed by atoms with Crippen molar-refractivity contribution in [2.75, 3.05) is 41.7 Å². The number of anilines is 4. The summed E-state index contributed by atoms with van der Waals surface area (Å²) < 4.78 is 5.56. The first kappa shape index (κ1) is 25.9. The van der Waals surface area contributed by atoms with E-state index in [1.165, 1.54) is 12.4 Å². The number of pyridine rings is 1. The summed E-state index contributed by atoms with van der Waals surface area (Å²) in [5.41, 5.74) is 1.38. The van der Waals surface area contributed by atoms with Gasteiger partial charge >= 0.3 is 6.09 Å². The van der Waals surface area contributed by atoms with Gasteiger partial charge in [-0.3, -0.25) is 0 Å². The van der Waals surface area contributed by atoms with Crippen LogP contribution < -0.4 is 15.5 Å². The summed E-state index contributed by atoms with van der Waals surface area (Å²) in [7, 11) is 0. The number of carbonyl (C=O) groups excluding carboxylic acids is 2. The highest BCUT2D eigenvalue weighted by Crippen LogP contribution is 2.32. The molecule has 2 unspecified atom stereocenters. The molecule has 2 N–H and O–H groups in total. The van der Waals surface area contributed by atoms with E-state index in [1.807, 2.05) is 50.1 Å². The van der Waals surface area contributed by atoms with Crippen molar-refractivity contribution < 1.29 is 14.3 Å². The highest BCUT2D eigenvalue weighted by Gasteiger charge is 2.28. The number of likely N-dealkylation sites (tertiary alicyclic amines) is 1. The second kappa shape index (κ2) is 11.2. The zero-order valence-corrected chi connectivity index (χ0v) is 21.3. The molecule has 0 saturated carbocycles. The van der Waals surface area contributed by atoms with Crippen molar-refractivity contribution in [1.29, 1.82) is 5.26 Å². The summed E-state index contributed by atoms with van der Waals surface area (Å²) in [5.74, 6) is 1.10. The Hall–Kier alpha value is -4.20. The third-order valence-electron chi connectivity index (χ3n) is 6.06. The average molecular weight is 505 g/mol. The highest BCUT2D eigenvalue weighted by atomic mass is 16.6. The number of amides is 1. The van der Waals surface area contributed by atoms with Crippen molar-refractivity contribution in [2.45, 2.75) is 39.2 Å². The fourth-order valence-electron chi connectivity index (χ4n) is 4.28. The number of carbonyl (C=O) groups is 2. The molecule has 2 aromatic heterocycles. The highest BCUT2D eigenvalue weighted by molar-refractivity contribution is 5.76. The predicted octanol–water partition coefficient (Wildman–Crippen LogP) is 3.69. The van der Waals surface area contributed by atoms with Crippen molar-refractivity contribution in [2.24, 2.45) is 11.8 Å². The minimum absolute atomic E-state index is 0.166. The summed E-state index contributed by atoms with van der Waals surface area (Å²) in [5, 5.41) is 15.6. The molecule has 2 aliphatic rings. The molecular formula is C26H32N8O3. The maximum absolute atomic E-state index is 12.6. The lowest BCUT2D eigenvalue weighted by Gasteiger charge is -2.34. The second-order valence-corrected chi connectivity index (χ2v) is 10.2. The van der Waals surface area contributed by atoms with Gasteiger partial charge in [-0.1, -0.05) is 6.08 Å². The van der Waals surface area contributed by atoms with Crippen molar-refractivity contribution in [3.63, 3.8) is 0 Å². The molecule has 0 bridgehead atoms. The van der Waals surface area contributed by atoms with Crippen LogP contribution in [0.1, 0.15) is 39.3 Å². The molecule has 11 heteroatoms. The topological polar surface area (TPSA) is 136 Å². The summed E-state index contributed by atoms with van der Waals surface area (Å²) in [6.07, 6.45) is 10.9. The third-order valence-corrected chi connectivity index (χ3v) is 6.06. The molecular weight excluding hydrogens is 472 g/mol. The van der Waals surface area contributed by atoms with Crippen LogP contribution in [-0.2, 0) is 9.53 Å². The monoisotopic (exact) mass is 504 g/mol. The van der Waals surface area contributed by atoms with Crippen LogP contribution in [0.25, 0.3) is 0 Å². The number of piperidine rings is 1. The van der Waals surface area contributed by atoms with Gasteiger partial charge in [0.1, 0.15) is 29.6 Å². The van der Waals surface area contributed by atoms with E-state index in [2.05, 4.69) is 25.6 Å². The Balaban J connectivity index is 1.48. The van der Waals surface area contributed by atoms with E-state index in [0.717, 1.165) is 30.5 Å². The quantitative estimate of drug-likeness (QED) is 0.537. The third kappa shape index (κ3) is 6.94. The number of ether oxygens (including phenoxy) is 1. The van der Waals surface area contributed by atoms with E-state index in [9.17, 15) is 9.59 Å². The number of rotatable bonds is 7. The maximum Gasteiger partial charge on any atom is 0.410 e. The van der Waals surface area contributed by atoms with Gasteiger partial charge < -0.3 is 30.0 Å². The van der Waals surface area contributed by atoms with Crippen LogP contribution in [0.15, 0.2) is 36.9 Å². The van der Waals surface area contributed by atoms with Crippen LogP contribution in [0, 0.1) is 23.2 Å². The molecule has 11 nitrogen and oxygen atoms in total. The van der Waals surface area contributed by atoms with E-state index in [4.69, 9.17) is 10.00 Å². The summed E-state index contributed by atoms with van der Waals surface area (Å²) in [6.45, 7) is 8.12. The second-order valence-electron chi connectivity index (χ2n) is 10.2. The smallest absolute Gasteiger partial charge is 0.410 e. The zero-order valence-electron chi connectivity index (χ0n) is 21.3. The molecule has 0 spiro atoms. The molecule has 1 saturated heterocycles. The summed E-state index contributed by atoms with van der Waals surface area (Å²) in [6, 6.07) is 3.83. The van der Waals surface area contributed by atoms with Gasteiger partial charge in [-0.05, 0) is 39.5 Å². The van der Waals surface area contributed by atoms with Gasteiger partial charge in [-0.15, -0.1) is 0 Å².